The Kier molecular flexibility index (Phi) is 5.30. The van der Waals surface area contributed by atoms with Crippen molar-refractivity contribution in [2.45, 2.75) is 64.3 Å². The first-order valence-corrected chi connectivity index (χ1v) is 14.4. The van der Waals surface area contributed by atoms with E-state index in [1.165, 1.54) is 43.4 Å². The van der Waals surface area contributed by atoms with Gasteiger partial charge in [-0.2, -0.15) is 11.3 Å². The Morgan fingerprint density at radius 1 is 1.15 bits per heavy atom. The van der Waals surface area contributed by atoms with Crippen LogP contribution in [0.5, 0.6) is 0 Å². The first kappa shape index (κ1) is 22.5. The summed E-state index contributed by atoms with van der Waals surface area (Å²) in [4.78, 5) is 31.7. The SMILES string of the molecule is CN1C(=O)C=C[C@@]2(C)C1CC[C@@H]1[C@H]2CC[C@]2(C)C(c3csc(NC(=O)c4ccsc4)n3)CC[C@@H]12. The number of hydrogen-bond donors (Lipinski definition) is 1. The molecule has 0 spiro atoms. The molecular weight excluding hydrogens is 462 g/mol. The van der Waals surface area contributed by atoms with Crippen LogP contribution in [0.1, 0.15) is 74.3 Å². The smallest absolute Gasteiger partial charge is 0.258 e. The molecule has 0 aromatic carbocycles. The average molecular weight is 496 g/mol. The lowest BCUT2D eigenvalue weighted by Gasteiger charge is -2.60. The van der Waals surface area contributed by atoms with Crippen molar-refractivity contribution in [3.05, 3.63) is 45.6 Å². The molecule has 2 amide bonds. The van der Waals surface area contributed by atoms with Crippen LogP contribution in [0.3, 0.4) is 0 Å². The molecule has 7 heteroatoms. The van der Waals surface area contributed by atoms with Crippen LogP contribution < -0.4 is 5.32 Å². The maximum absolute atomic E-state index is 12.5. The van der Waals surface area contributed by atoms with Crippen molar-refractivity contribution >= 4 is 39.6 Å². The summed E-state index contributed by atoms with van der Waals surface area (Å²) in [5.74, 6) is 2.60. The second-order valence-corrected chi connectivity index (χ2v) is 13.0. The molecule has 4 aliphatic rings. The van der Waals surface area contributed by atoms with Gasteiger partial charge in [0, 0.05) is 35.2 Å². The van der Waals surface area contributed by atoms with Crippen LogP contribution in [0.25, 0.3) is 0 Å². The van der Waals surface area contributed by atoms with E-state index in [-0.39, 0.29) is 22.6 Å². The van der Waals surface area contributed by atoms with Crippen LogP contribution in [0.2, 0.25) is 0 Å². The van der Waals surface area contributed by atoms with Gasteiger partial charge in [0.1, 0.15) is 0 Å². The van der Waals surface area contributed by atoms with E-state index in [0.717, 1.165) is 12.1 Å². The Hall–Kier alpha value is -1.99. The monoisotopic (exact) mass is 495 g/mol. The van der Waals surface area contributed by atoms with Gasteiger partial charge in [0.05, 0.1) is 11.3 Å². The van der Waals surface area contributed by atoms with Crippen molar-refractivity contribution in [1.82, 2.24) is 9.88 Å². The van der Waals surface area contributed by atoms with Gasteiger partial charge < -0.3 is 4.90 Å². The van der Waals surface area contributed by atoms with Gasteiger partial charge >= 0.3 is 0 Å². The first-order valence-electron chi connectivity index (χ1n) is 12.6. The van der Waals surface area contributed by atoms with Gasteiger partial charge in [-0.3, -0.25) is 14.9 Å². The number of anilines is 1. The number of likely N-dealkylation sites (N-methyl/N-ethyl adjacent to an activating group) is 1. The minimum atomic E-state index is -0.0767. The Labute approximate surface area is 209 Å². The second-order valence-electron chi connectivity index (χ2n) is 11.3. The molecule has 5 nitrogen and oxygen atoms in total. The van der Waals surface area contributed by atoms with Crippen LogP contribution in [-0.4, -0.2) is 34.8 Å². The summed E-state index contributed by atoms with van der Waals surface area (Å²) in [5.41, 5.74) is 2.20. The molecule has 3 saturated carbocycles. The van der Waals surface area contributed by atoms with E-state index in [0.29, 0.717) is 40.4 Å². The summed E-state index contributed by atoms with van der Waals surface area (Å²) < 4.78 is 0. The van der Waals surface area contributed by atoms with Crippen LogP contribution >= 0.6 is 22.7 Å². The van der Waals surface area contributed by atoms with Crippen LogP contribution in [0.15, 0.2) is 34.4 Å². The first-order chi connectivity index (χ1) is 16.3. The molecule has 1 N–H and O–H groups in total. The Balaban J connectivity index is 1.22. The highest BCUT2D eigenvalue weighted by Gasteiger charge is 2.60. The fourth-order valence-corrected chi connectivity index (χ4v) is 9.69. The molecule has 6 rings (SSSR count). The summed E-state index contributed by atoms with van der Waals surface area (Å²) in [6.07, 6.45) is 11.3. The van der Waals surface area contributed by atoms with Crippen LogP contribution in [0.4, 0.5) is 5.13 Å². The lowest BCUT2D eigenvalue weighted by Crippen LogP contribution is -2.59. The fourth-order valence-electron chi connectivity index (χ4n) is 8.29. The van der Waals surface area contributed by atoms with Gasteiger partial charge in [0.15, 0.2) is 5.13 Å². The highest BCUT2D eigenvalue weighted by atomic mass is 32.1. The van der Waals surface area contributed by atoms with E-state index >= 15 is 0 Å². The van der Waals surface area contributed by atoms with E-state index in [9.17, 15) is 9.59 Å². The summed E-state index contributed by atoms with van der Waals surface area (Å²) in [7, 11) is 1.99. The molecule has 0 bridgehead atoms. The molecule has 0 radical (unpaired) electrons. The molecular formula is C27H33N3O2S2. The minimum Gasteiger partial charge on any atom is -0.338 e. The Bertz CT molecular complexity index is 1140. The molecule has 3 aliphatic carbocycles. The number of nitrogens with zero attached hydrogens (tertiary/aromatic N) is 2. The standard InChI is InChI=1S/C27H33N3O2S2/c1-26-11-8-19-17(4-7-22-27(19,2)12-9-23(31)30(22)3)18(26)5-6-20(26)21-15-34-25(28-21)29-24(32)16-10-13-33-14-16/h9-10,12-15,17-20,22H,4-8,11H2,1-3H3,(H,28,29,32)/t17-,18-,19+,20?,22?,26-,27+/m0/s1. The predicted octanol–water partition coefficient (Wildman–Crippen LogP) is 6.18. The summed E-state index contributed by atoms with van der Waals surface area (Å²) in [6, 6.07) is 2.18. The number of carbonyl (C=O) groups excluding carboxylic acids is 2. The zero-order valence-corrected chi connectivity index (χ0v) is 21.8. The summed E-state index contributed by atoms with van der Waals surface area (Å²) in [6.45, 7) is 4.92. The van der Waals surface area contributed by atoms with Gasteiger partial charge in [-0.1, -0.05) is 19.9 Å². The normalized spacial score (nSPS) is 38.9. The third-order valence-electron chi connectivity index (χ3n) is 10.0. The van der Waals surface area contributed by atoms with Gasteiger partial charge in [0.25, 0.3) is 5.91 Å². The number of thiophene rings is 1. The topological polar surface area (TPSA) is 62.3 Å². The second kappa shape index (κ2) is 8.02. The van der Waals surface area contributed by atoms with Crippen molar-refractivity contribution in [3.63, 3.8) is 0 Å². The maximum Gasteiger partial charge on any atom is 0.258 e. The largest absolute Gasteiger partial charge is 0.338 e. The van der Waals surface area contributed by atoms with E-state index in [2.05, 4.69) is 30.6 Å². The number of amides is 2. The Morgan fingerprint density at radius 2 is 2.00 bits per heavy atom. The van der Waals surface area contributed by atoms with Crippen LogP contribution in [-0.2, 0) is 4.79 Å². The zero-order valence-electron chi connectivity index (χ0n) is 20.1. The molecule has 2 unspecified atom stereocenters. The lowest BCUT2D eigenvalue weighted by molar-refractivity contribution is -0.138. The van der Waals surface area contributed by atoms with Crippen molar-refractivity contribution in [1.29, 1.82) is 0 Å². The molecule has 2 aromatic rings. The van der Waals surface area contributed by atoms with Crippen molar-refractivity contribution < 1.29 is 9.59 Å². The van der Waals surface area contributed by atoms with E-state index in [1.54, 1.807) is 11.3 Å². The molecule has 1 aliphatic heterocycles. The fraction of sp³-hybridized carbons (Fsp3) is 0.593. The average Bonchev–Trinajstić information content (AvgIpc) is 3.56. The maximum atomic E-state index is 12.5. The van der Waals surface area contributed by atoms with Gasteiger partial charge in [-0.05, 0) is 79.2 Å². The quantitative estimate of drug-likeness (QED) is 0.553. The van der Waals surface area contributed by atoms with E-state index < -0.39 is 0 Å². The van der Waals surface area contributed by atoms with Crippen molar-refractivity contribution in [2.24, 2.45) is 28.6 Å². The number of hydrogen-bond acceptors (Lipinski definition) is 5. The number of thiazole rings is 1. The third kappa shape index (κ3) is 3.26. The number of aromatic nitrogens is 1. The molecule has 2 aromatic heterocycles. The third-order valence-corrected chi connectivity index (χ3v) is 11.5. The number of carbonyl (C=O) groups is 2. The van der Waals surface area contributed by atoms with E-state index in [4.69, 9.17) is 4.98 Å². The Morgan fingerprint density at radius 3 is 2.79 bits per heavy atom. The van der Waals surface area contributed by atoms with Gasteiger partial charge in [0.2, 0.25) is 5.91 Å². The van der Waals surface area contributed by atoms with Crippen molar-refractivity contribution in [2.75, 3.05) is 12.4 Å². The molecule has 3 heterocycles. The highest BCUT2D eigenvalue weighted by molar-refractivity contribution is 7.14. The van der Waals surface area contributed by atoms with E-state index in [1.807, 2.05) is 34.9 Å². The predicted molar refractivity (Wildman–Crippen MR) is 137 cm³/mol. The highest BCUT2D eigenvalue weighted by Crippen LogP contribution is 2.67. The zero-order chi connectivity index (χ0) is 23.7. The summed E-state index contributed by atoms with van der Waals surface area (Å²) >= 11 is 3.08. The summed E-state index contributed by atoms with van der Waals surface area (Å²) in [5, 5.41) is 9.67. The number of nitrogens with one attached hydrogen (secondary N) is 1. The number of fused-ring (bicyclic) bond motifs is 5. The minimum absolute atomic E-state index is 0.0767. The molecule has 0 saturated heterocycles. The number of rotatable bonds is 3. The molecule has 7 atom stereocenters. The van der Waals surface area contributed by atoms with Crippen LogP contribution in [0, 0.1) is 28.6 Å². The van der Waals surface area contributed by atoms with Gasteiger partial charge in [-0.25, -0.2) is 4.98 Å². The van der Waals surface area contributed by atoms with Crippen molar-refractivity contribution in [3.8, 4) is 0 Å². The molecule has 34 heavy (non-hydrogen) atoms. The lowest BCUT2D eigenvalue weighted by atomic mass is 9.47. The molecule has 3 fully saturated rings. The van der Waals surface area contributed by atoms with Gasteiger partial charge in [-0.15, -0.1) is 11.3 Å². The molecule has 180 valence electrons.